The molecule has 17 heavy (non-hydrogen) atoms. The molecule has 0 saturated carbocycles. The monoisotopic (exact) mass is 238 g/mol. The van der Waals surface area contributed by atoms with Gasteiger partial charge in [-0.05, 0) is 19.1 Å². The van der Waals surface area contributed by atoms with E-state index < -0.39 is 6.61 Å². The maximum Gasteiger partial charge on any atom is 0.387 e. The summed E-state index contributed by atoms with van der Waals surface area (Å²) in [7, 11) is 0. The van der Waals surface area contributed by atoms with Crippen molar-refractivity contribution in [3.05, 3.63) is 30.1 Å². The highest BCUT2D eigenvalue weighted by molar-refractivity contribution is 5.56. The molecule has 0 unspecified atom stereocenters. The summed E-state index contributed by atoms with van der Waals surface area (Å²) in [4.78, 5) is 0. The Labute approximate surface area is 95.5 Å². The van der Waals surface area contributed by atoms with Gasteiger partial charge in [-0.1, -0.05) is 12.1 Å². The molecule has 0 N–H and O–H groups in total. The van der Waals surface area contributed by atoms with E-state index in [-0.39, 0.29) is 11.6 Å². The maximum absolute atomic E-state index is 12.0. The van der Waals surface area contributed by atoms with Crippen molar-refractivity contribution in [2.45, 2.75) is 13.5 Å². The Morgan fingerprint density at radius 3 is 2.47 bits per heavy atom. The number of rotatable bonds is 3. The summed E-state index contributed by atoms with van der Waals surface area (Å²) in [5.41, 5.74) is 0.517. The molecule has 0 amide bonds. The number of aryl methyl sites for hydroxylation is 1. The molecular formula is C10H8F2N4O. The average molecular weight is 238 g/mol. The summed E-state index contributed by atoms with van der Waals surface area (Å²) in [6, 6.07) is 6.05. The molecule has 0 radical (unpaired) electrons. The summed E-state index contributed by atoms with van der Waals surface area (Å²) < 4.78 is 28.3. The molecule has 7 heteroatoms. The van der Waals surface area contributed by atoms with Gasteiger partial charge in [0.15, 0.2) is 5.82 Å². The molecule has 0 spiro atoms. The Hall–Kier alpha value is -2.18. The third-order valence-electron chi connectivity index (χ3n) is 1.90. The van der Waals surface area contributed by atoms with Crippen LogP contribution >= 0.6 is 0 Å². The highest BCUT2D eigenvalue weighted by Gasteiger charge is 2.07. The first kappa shape index (κ1) is 11.3. The van der Waals surface area contributed by atoms with Crippen molar-refractivity contribution in [2.75, 3.05) is 0 Å². The first-order valence-corrected chi connectivity index (χ1v) is 4.74. The predicted molar refractivity (Wildman–Crippen MR) is 54.4 cm³/mol. The zero-order valence-electron chi connectivity index (χ0n) is 8.84. The number of alkyl halides is 2. The van der Waals surface area contributed by atoms with Gasteiger partial charge < -0.3 is 4.74 Å². The van der Waals surface area contributed by atoms with Crippen molar-refractivity contribution < 1.29 is 13.5 Å². The van der Waals surface area contributed by atoms with Crippen LogP contribution in [0.4, 0.5) is 8.78 Å². The van der Waals surface area contributed by atoms with Gasteiger partial charge in [0, 0.05) is 5.56 Å². The van der Waals surface area contributed by atoms with Crippen LogP contribution in [-0.4, -0.2) is 27.0 Å². The van der Waals surface area contributed by atoms with Crippen LogP contribution in [-0.2, 0) is 0 Å². The van der Waals surface area contributed by atoms with Gasteiger partial charge in [0.2, 0.25) is 5.82 Å². The van der Waals surface area contributed by atoms with Gasteiger partial charge in [-0.3, -0.25) is 0 Å². The molecule has 1 aromatic carbocycles. The number of hydrogen-bond acceptors (Lipinski definition) is 5. The molecule has 2 rings (SSSR count). The topological polar surface area (TPSA) is 60.8 Å². The van der Waals surface area contributed by atoms with E-state index in [1.54, 1.807) is 19.1 Å². The van der Waals surface area contributed by atoms with Gasteiger partial charge in [-0.2, -0.15) is 8.78 Å². The van der Waals surface area contributed by atoms with Crippen LogP contribution in [0.1, 0.15) is 5.82 Å². The van der Waals surface area contributed by atoms with Gasteiger partial charge in [0.05, 0.1) is 0 Å². The van der Waals surface area contributed by atoms with E-state index in [4.69, 9.17) is 0 Å². The Morgan fingerprint density at radius 2 is 1.82 bits per heavy atom. The second-order valence-electron chi connectivity index (χ2n) is 3.18. The standard InChI is InChI=1S/C10H8F2N4O/c1-6-13-15-9(16-14-6)7-3-2-4-8(5-7)17-10(11)12/h2-5,10H,1H3. The Morgan fingerprint density at radius 1 is 1.12 bits per heavy atom. The molecule has 5 nitrogen and oxygen atoms in total. The van der Waals surface area contributed by atoms with E-state index in [0.717, 1.165) is 0 Å². The maximum atomic E-state index is 12.0. The van der Waals surface area contributed by atoms with Crippen LogP contribution in [0.15, 0.2) is 24.3 Å². The van der Waals surface area contributed by atoms with Gasteiger partial charge in [0.1, 0.15) is 5.75 Å². The van der Waals surface area contributed by atoms with Crippen LogP contribution in [0.2, 0.25) is 0 Å². The molecule has 0 aliphatic carbocycles. The molecule has 88 valence electrons. The van der Waals surface area contributed by atoms with Crippen molar-refractivity contribution in [1.29, 1.82) is 0 Å². The van der Waals surface area contributed by atoms with Crippen molar-refractivity contribution >= 4 is 0 Å². The lowest BCUT2D eigenvalue weighted by molar-refractivity contribution is -0.0498. The molecule has 0 bridgehead atoms. The molecule has 0 saturated heterocycles. The van der Waals surface area contributed by atoms with Gasteiger partial charge in [-0.25, -0.2) is 0 Å². The van der Waals surface area contributed by atoms with Gasteiger partial charge in [0.25, 0.3) is 0 Å². The summed E-state index contributed by atoms with van der Waals surface area (Å²) >= 11 is 0. The third kappa shape index (κ3) is 2.90. The van der Waals surface area contributed by atoms with Crippen molar-refractivity contribution in [3.63, 3.8) is 0 Å². The van der Waals surface area contributed by atoms with Gasteiger partial charge >= 0.3 is 6.61 Å². The predicted octanol–water partition coefficient (Wildman–Crippen LogP) is 1.84. The minimum atomic E-state index is -2.86. The average Bonchev–Trinajstić information content (AvgIpc) is 2.29. The smallest absolute Gasteiger partial charge is 0.387 e. The van der Waals surface area contributed by atoms with E-state index in [9.17, 15) is 8.78 Å². The van der Waals surface area contributed by atoms with Crippen molar-refractivity contribution in [2.24, 2.45) is 0 Å². The fraction of sp³-hybridized carbons (Fsp3) is 0.200. The quantitative estimate of drug-likeness (QED) is 0.816. The number of hydrogen-bond donors (Lipinski definition) is 0. The fourth-order valence-electron chi connectivity index (χ4n) is 1.21. The fourth-order valence-corrected chi connectivity index (χ4v) is 1.21. The number of ether oxygens (including phenoxy) is 1. The zero-order chi connectivity index (χ0) is 12.3. The second kappa shape index (κ2) is 4.77. The molecule has 2 aromatic rings. The summed E-state index contributed by atoms with van der Waals surface area (Å²) in [5.74, 6) is 0.741. The summed E-state index contributed by atoms with van der Waals surface area (Å²) in [5, 5.41) is 15.1. The second-order valence-corrected chi connectivity index (χ2v) is 3.18. The lowest BCUT2D eigenvalue weighted by atomic mass is 10.2. The van der Waals surface area contributed by atoms with Crippen molar-refractivity contribution in [3.8, 4) is 17.1 Å². The highest BCUT2D eigenvalue weighted by atomic mass is 19.3. The zero-order valence-corrected chi connectivity index (χ0v) is 8.84. The largest absolute Gasteiger partial charge is 0.435 e. The van der Waals surface area contributed by atoms with Crippen LogP contribution in [0.5, 0.6) is 5.75 Å². The van der Waals surface area contributed by atoms with E-state index in [2.05, 4.69) is 25.1 Å². The van der Waals surface area contributed by atoms with Crippen LogP contribution in [0.25, 0.3) is 11.4 Å². The molecule has 0 aliphatic rings. The molecule has 0 fully saturated rings. The Kier molecular flexibility index (Phi) is 3.17. The van der Waals surface area contributed by atoms with E-state index in [0.29, 0.717) is 11.4 Å². The van der Waals surface area contributed by atoms with Crippen LogP contribution in [0.3, 0.4) is 0 Å². The first-order chi connectivity index (χ1) is 8.15. The van der Waals surface area contributed by atoms with E-state index >= 15 is 0 Å². The Balaban J connectivity index is 2.29. The normalized spacial score (nSPS) is 10.6. The minimum Gasteiger partial charge on any atom is -0.435 e. The van der Waals surface area contributed by atoms with E-state index in [1.807, 2.05) is 0 Å². The minimum absolute atomic E-state index is 0.0432. The number of aromatic nitrogens is 4. The highest BCUT2D eigenvalue weighted by Crippen LogP contribution is 2.21. The molecule has 1 aromatic heterocycles. The van der Waals surface area contributed by atoms with Crippen molar-refractivity contribution in [1.82, 2.24) is 20.4 Å². The van der Waals surface area contributed by atoms with E-state index in [1.165, 1.54) is 12.1 Å². The van der Waals surface area contributed by atoms with Crippen LogP contribution in [0, 0.1) is 6.92 Å². The summed E-state index contributed by atoms with van der Waals surface area (Å²) in [6.07, 6.45) is 0. The Bertz CT molecular complexity index is 504. The summed E-state index contributed by atoms with van der Waals surface area (Å²) in [6.45, 7) is -1.21. The number of halogens is 2. The number of benzene rings is 1. The van der Waals surface area contributed by atoms with Gasteiger partial charge in [-0.15, -0.1) is 20.4 Å². The molecule has 0 atom stereocenters. The molecule has 0 aliphatic heterocycles. The third-order valence-corrected chi connectivity index (χ3v) is 1.90. The first-order valence-electron chi connectivity index (χ1n) is 4.74. The SMILES string of the molecule is Cc1nnc(-c2cccc(OC(F)F)c2)nn1. The molecular weight excluding hydrogens is 230 g/mol. The lowest BCUT2D eigenvalue weighted by Crippen LogP contribution is -2.02. The number of nitrogens with zero attached hydrogens (tertiary/aromatic N) is 4. The molecule has 1 heterocycles. The lowest BCUT2D eigenvalue weighted by Gasteiger charge is -2.05. The van der Waals surface area contributed by atoms with Crippen LogP contribution < -0.4 is 4.74 Å².